The average molecular weight is 482 g/mol. The van der Waals surface area contributed by atoms with Crippen LogP contribution in [0.2, 0.25) is 0 Å². The van der Waals surface area contributed by atoms with Crippen molar-refractivity contribution >= 4 is 35.6 Å². The summed E-state index contributed by atoms with van der Waals surface area (Å²) in [6.07, 6.45) is 1.75. The maximum atomic E-state index is 13.1. The molecule has 34 heavy (non-hydrogen) atoms. The number of carboxylic acids is 3. The van der Waals surface area contributed by atoms with Crippen LogP contribution in [0.4, 0.5) is 0 Å². The molecule has 0 saturated carbocycles. The highest BCUT2D eigenvalue weighted by Crippen LogP contribution is 2.20. The molecule has 0 bridgehead atoms. The van der Waals surface area contributed by atoms with Gasteiger partial charge in [-0.2, -0.15) is 0 Å². The number of imidazole rings is 1. The van der Waals surface area contributed by atoms with Gasteiger partial charge in [-0.1, -0.05) is 0 Å². The van der Waals surface area contributed by atoms with E-state index in [9.17, 15) is 33.9 Å². The summed E-state index contributed by atoms with van der Waals surface area (Å²) in [6.45, 7) is 0.0553. The quantitative estimate of drug-likeness (QED) is 0.161. The first-order valence-corrected chi connectivity index (χ1v) is 10.3. The highest BCUT2D eigenvalue weighted by Gasteiger charge is 2.40. The normalized spacial score (nSPS) is 17.9. The van der Waals surface area contributed by atoms with Crippen LogP contribution in [-0.2, 0) is 35.2 Å². The van der Waals surface area contributed by atoms with Gasteiger partial charge in [0.2, 0.25) is 17.7 Å². The summed E-state index contributed by atoms with van der Waals surface area (Å²) in [5.74, 6) is -6.92. The monoisotopic (exact) mass is 482 g/mol. The topological polar surface area (TPSA) is 245 Å². The summed E-state index contributed by atoms with van der Waals surface area (Å²) in [5.41, 5.74) is 6.39. The molecule has 2 heterocycles. The number of aliphatic carboxylic acids is 3. The number of nitrogens with two attached hydrogens (primary N) is 1. The number of aromatic amines is 1. The highest BCUT2D eigenvalue weighted by molar-refractivity contribution is 5.96. The molecular weight excluding hydrogens is 456 g/mol. The number of rotatable bonds is 12. The number of hydrogen-bond donors (Lipinski definition) is 7. The Morgan fingerprint density at radius 1 is 1.09 bits per heavy atom. The van der Waals surface area contributed by atoms with Gasteiger partial charge < -0.3 is 41.6 Å². The van der Waals surface area contributed by atoms with E-state index in [1.807, 2.05) is 0 Å². The summed E-state index contributed by atoms with van der Waals surface area (Å²) in [5, 5.41) is 31.6. The van der Waals surface area contributed by atoms with Crippen molar-refractivity contribution in [3.05, 3.63) is 18.2 Å². The number of amides is 3. The molecule has 15 nitrogen and oxygen atoms in total. The lowest BCUT2D eigenvalue weighted by Crippen LogP contribution is -2.57. The Hall–Kier alpha value is -4.01. The zero-order chi connectivity index (χ0) is 25.4. The third-order valence-electron chi connectivity index (χ3n) is 5.16. The third kappa shape index (κ3) is 7.26. The van der Waals surface area contributed by atoms with Gasteiger partial charge in [0.25, 0.3) is 0 Å². The number of carbonyl (C=O) groups is 6. The van der Waals surface area contributed by atoms with Gasteiger partial charge in [0, 0.05) is 24.9 Å². The van der Waals surface area contributed by atoms with Crippen molar-refractivity contribution in [2.75, 3.05) is 6.54 Å². The third-order valence-corrected chi connectivity index (χ3v) is 5.16. The molecule has 1 saturated heterocycles. The zero-order valence-corrected chi connectivity index (χ0v) is 18.0. The molecule has 0 aromatic carbocycles. The van der Waals surface area contributed by atoms with Gasteiger partial charge in [-0.25, -0.2) is 9.78 Å². The van der Waals surface area contributed by atoms with Gasteiger partial charge >= 0.3 is 17.9 Å². The van der Waals surface area contributed by atoms with E-state index in [0.29, 0.717) is 12.1 Å². The van der Waals surface area contributed by atoms with E-state index in [2.05, 4.69) is 20.6 Å². The van der Waals surface area contributed by atoms with Gasteiger partial charge in [-0.15, -0.1) is 0 Å². The Labute approximate surface area is 192 Å². The van der Waals surface area contributed by atoms with E-state index in [0.717, 1.165) is 4.90 Å². The van der Waals surface area contributed by atoms with Crippen LogP contribution < -0.4 is 16.4 Å². The maximum Gasteiger partial charge on any atom is 0.326 e. The summed E-state index contributed by atoms with van der Waals surface area (Å²) < 4.78 is 0. The summed E-state index contributed by atoms with van der Waals surface area (Å²) >= 11 is 0. The van der Waals surface area contributed by atoms with Gasteiger partial charge in [-0.05, 0) is 12.8 Å². The lowest BCUT2D eigenvalue weighted by molar-refractivity contribution is -0.149. The number of aromatic nitrogens is 2. The second kappa shape index (κ2) is 11.7. The number of likely N-dealkylation sites (tertiary alicyclic amines) is 1. The summed E-state index contributed by atoms with van der Waals surface area (Å²) in [7, 11) is 0. The van der Waals surface area contributed by atoms with Gasteiger partial charge in [-0.3, -0.25) is 24.0 Å². The van der Waals surface area contributed by atoms with Crippen LogP contribution in [-0.4, -0.2) is 96.5 Å². The van der Waals surface area contributed by atoms with Crippen molar-refractivity contribution in [1.82, 2.24) is 25.5 Å². The summed E-state index contributed by atoms with van der Waals surface area (Å²) in [6, 6.07) is -5.51. The van der Waals surface area contributed by atoms with E-state index in [1.54, 1.807) is 0 Å². The van der Waals surface area contributed by atoms with Crippen LogP contribution in [0.15, 0.2) is 12.5 Å². The van der Waals surface area contributed by atoms with E-state index in [4.69, 9.17) is 15.9 Å². The molecule has 1 aromatic heterocycles. The minimum atomic E-state index is -1.71. The van der Waals surface area contributed by atoms with Crippen molar-refractivity contribution < 1.29 is 44.1 Å². The number of carbonyl (C=O) groups excluding carboxylic acids is 3. The van der Waals surface area contributed by atoms with Gasteiger partial charge in [0.15, 0.2) is 0 Å². The largest absolute Gasteiger partial charge is 0.481 e. The minimum Gasteiger partial charge on any atom is -0.481 e. The second-order valence-electron chi connectivity index (χ2n) is 7.73. The molecule has 1 fully saturated rings. The minimum absolute atomic E-state index is 0.0503. The fraction of sp³-hybridized carbons (Fsp3) is 0.526. The summed E-state index contributed by atoms with van der Waals surface area (Å²) in [4.78, 5) is 79.2. The molecule has 1 aromatic rings. The number of hydrogen-bond acceptors (Lipinski definition) is 8. The molecular formula is C19H26N6O9. The molecule has 3 amide bonds. The first kappa shape index (κ1) is 26.2. The maximum absolute atomic E-state index is 13.1. The average Bonchev–Trinajstić information content (AvgIpc) is 3.43. The highest BCUT2D eigenvalue weighted by atomic mass is 16.4. The fourth-order valence-electron chi connectivity index (χ4n) is 3.53. The molecule has 4 unspecified atom stereocenters. The SMILES string of the molecule is NC(Cc1cnc[nH]1)C(=O)NC(CC(=O)O)C(=O)N1CCCC1C(=O)NC(CC(=O)O)C(=O)O. The molecule has 15 heteroatoms. The number of nitrogens with zero attached hydrogens (tertiary/aromatic N) is 2. The predicted octanol–water partition coefficient (Wildman–Crippen LogP) is -2.73. The van der Waals surface area contributed by atoms with Crippen LogP contribution in [0.5, 0.6) is 0 Å². The Kier molecular flexibility index (Phi) is 9.06. The lowest BCUT2D eigenvalue weighted by atomic mass is 10.1. The van der Waals surface area contributed by atoms with Crippen molar-refractivity contribution in [2.45, 2.75) is 56.3 Å². The van der Waals surface area contributed by atoms with Crippen LogP contribution in [0.1, 0.15) is 31.4 Å². The van der Waals surface area contributed by atoms with Crippen LogP contribution in [0.25, 0.3) is 0 Å². The second-order valence-corrected chi connectivity index (χ2v) is 7.73. The van der Waals surface area contributed by atoms with Crippen molar-refractivity contribution in [3.63, 3.8) is 0 Å². The molecule has 0 radical (unpaired) electrons. The van der Waals surface area contributed by atoms with Gasteiger partial charge in [0.1, 0.15) is 18.1 Å². The lowest BCUT2D eigenvalue weighted by Gasteiger charge is -2.29. The predicted molar refractivity (Wildman–Crippen MR) is 111 cm³/mol. The number of H-pyrrole nitrogens is 1. The standard InChI is InChI=1S/C19H26N6O9/c20-10(4-9-7-21-8-22-9)16(30)23-11(5-14(26)27)18(32)25-3-1-2-13(25)17(31)24-12(19(33)34)6-15(28)29/h7-8,10-13H,1-6,20H2,(H,21,22)(H,23,30)(H,24,31)(H,26,27)(H,28,29)(H,33,34). The molecule has 1 aliphatic rings. The Morgan fingerprint density at radius 3 is 2.29 bits per heavy atom. The first-order valence-electron chi connectivity index (χ1n) is 10.3. The molecule has 0 aliphatic carbocycles. The van der Waals surface area contributed by atoms with Crippen molar-refractivity contribution in [3.8, 4) is 0 Å². The van der Waals surface area contributed by atoms with E-state index < -0.39 is 72.6 Å². The van der Waals surface area contributed by atoms with E-state index >= 15 is 0 Å². The smallest absolute Gasteiger partial charge is 0.326 e. The van der Waals surface area contributed by atoms with Crippen LogP contribution >= 0.6 is 0 Å². The van der Waals surface area contributed by atoms with E-state index in [1.165, 1.54) is 12.5 Å². The Bertz CT molecular complexity index is 935. The fourth-order valence-corrected chi connectivity index (χ4v) is 3.53. The molecule has 2 rings (SSSR count). The molecule has 1 aliphatic heterocycles. The number of carboxylic acid groups (broad SMARTS) is 3. The molecule has 186 valence electrons. The van der Waals surface area contributed by atoms with Crippen molar-refractivity contribution in [2.24, 2.45) is 5.73 Å². The van der Waals surface area contributed by atoms with E-state index in [-0.39, 0.29) is 19.4 Å². The van der Waals surface area contributed by atoms with Crippen LogP contribution in [0.3, 0.4) is 0 Å². The number of nitrogens with one attached hydrogen (secondary N) is 3. The van der Waals surface area contributed by atoms with Gasteiger partial charge in [0.05, 0.1) is 25.2 Å². The molecule has 4 atom stereocenters. The molecule has 8 N–H and O–H groups in total. The van der Waals surface area contributed by atoms with Crippen LogP contribution in [0, 0.1) is 0 Å². The Balaban J connectivity index is 2.10. The zero-order valence-electron chi connectivity index (χ0n) is 18.0. The first-order chi connectivity index (χ1) is 16.0. The Morgan fingerprint density at radius 2 is 1.74 bits per heavy atom. The van der Waals surface area contributed by atoms with Crippen molar-refractivity contribution in [1.29, 1.82) is 0 Å². The molecule has 0 spiro atoms.